The van der Waals surface area contributed by atoms with Crippen LogP contribution in [0.2, 0.25) is 0 Å². The Morgan fingerprint density at radius 2 is 1.65 bits per heavy atom. The Hall–Kier alpha value is -2.47. The minimum atomic E-state index is -0.0815. The lowest BCUT2D eigenvalue weighted by atomic mass is 9.92. The molecule has 0 spiro atoms. The first-order chi connectivity index (χ1) is 11.3. The van der Waals surface area contributed by atoms with E-state index in [-0.39, 0.29) is 5.92 Å². The summed E-state index contributed by atoms with van der Waals surface area (Å²) < 4.78 is 11.4. The van der Waals surface area contributed by atoms with E-state index in [2.05, 4.69) is 19.1 Å². The third kappa shape index (κ3) is 4.75. The van der Waals surface area contributed by atoms with Crippen molar-refractivity contribution in [2.45, 2.75) is 32.6 Å². The average Bonchev–Trinajstić information content (AvgIpc) is 2.58. The summed E-state index contributed by atoms with van der Waals surface area (Å²) in [6.07, 6.45) is 1.62. The fraction of sp³-hybridized carbons (Fsp3) is 0.350. The van der Waals surface area contributed by atoms with E-state index >= 15 is 0 Å². The van der Waals surface area contributed by atoms with Gasteiger partial charge in [0.15, 0.2) is 11.5 Å². The zero-order chi connectivity index (χ0) is 16.5. The van der Waals surface area contributed by atoms with Crippen molar-refractivity contribution in [3.8, 4) is 17.6 Å². The summed E-state index contributed by atoms with van der Waals surface area (Å²) in [7, 11) is 0. The van der Waals surface area contributed by atoms with Gasteiger partial charge in [0.1, 0.15) is 0 Å². The number of benzene rings is 2. The van der Waals surface area contributed by atoms with Crippen LogP contribution in [0.25, 0.3) is 0 Å². The Balaban J connectivity index is 1.88. The molecule has 0 N–H and O–H groups in total. The molecule has 0 aliphatic rings. The summed E-state index contributed by atoms with van der Waals surface area (Å²) in [6, 6.07) is 18.2. The maximum Gasteiger partial charge on any atom is 0.161 e. The van der Waals surface area contributed by atoms with Gasteiger partial charge < -0.3 is 9.47 Å². The smallest absolute Gasteiger partial charge is 0.161 e. The zero-order valence-corrected chi connectivity index (χ0v) is 13.8. The van der Waals surface area contributed by atoms with Gasteiger partial charge in [-0.1, -0.05) is 36.4 Å². The van der Waals surface area contributed by atoms with Crippen molar-refractivity contribution in [3.05, 3.63) is 59.7 Å². The maximum atomic E-state index is 9.42. The first-order valence-corrected chi connectivity index (χ1v) is 8.06. The normalized spacial score (nSPS) is 11.5. The predicted molar refractivity (Wildman–Crippen MR) is 91.9 cm³/mol. The van der Waals surface area contributed by atoms with Gasteiger partial charge in [0.25, 0.3) is 0 Å². The van der Waals surface area contributed by atoms with E-state index < -0.39 is 0 Å². The van der Waals surface area contributed by atoms with Crippen LogP contribution in [0.3, 0.4) is 0 Å². The highest BCUT2D eigenvalue weighted by molar-refractivity contribution is 5.39. The standard InChI is InChI=1S/C20H23NO2/c1-3-22-19-12-6-7-13-20(19)23-14-8-10-17(15-21)18-11-5-4-9-16(18)2/h4-7,9,11-13,17H,3,8,10,14H2,1-2H3. The van der Waals surface area contributed by atoms with Crippen molar-refractivity contribution < 1.29 is 9.47 Å². The van der Waals surface area contributed by atoms with Crippen LogP contribution < -0.4 is 9.47 Å². The summed E-state index contributed by atoms with van der Waals surface area (Å²) in [5.41, 5.74) is 2.28. The fourth-order valence-corrected chi connectivity index (χ4v) is 2.58. The van der Waals surface area contributed by atoms with Gasteiger partial charge in [-0.2, -0.15) is 5.26 Å². The number of nitrogens with zero attached hydrogens (tertiary/aromatic N) is 1. The monoisotopic (exact) mass is 309 g/mol. The number of aryl methyl sites for hydroxylation is 1. The van der Waals surface area contributed by atoms with Gasteiger partial charge >= 0.3 is 0 Å². The molecule has 0 aliphatic carbocycles. The molecule has 2 rings (SSSR count). The number of nitriles is 1. The van der Waals surface area contributed by atoms with Crippen LogP contribution in [0.4, 0.5) is 0 Å². The highest BCUT2D eigenvalue weighted by atomic mass is 16.5. The fourth-order valence-electron chi connectivity index (χ4n) is 2.58. The van der Waals surface area contributed by atoms with E-state index in [1.807, 2.05) is 49.4 Å². The molecular formula is C20H23NO2. The molecule has 0 amide bonds. The van der Waals surface area contributed by atoms with Gasteiger partial charge in [0.05, 0.1) is 25.2 Å². The van der Waals surface area contributed by atoms with Crippen LogP contribution in [0.15, 0.2) is 48.5 Å². The van der Waals surface area contributed by atoms with E-state index in [1.165, 1.54) is 5.56 Å². The molecule has 120 valence electrons. The molecule has 0 aromatic heterocycles. The van der Waals surface area contributed by atoms with Crippen LogP contribution in [0.1, 0.15) is 36.8 Å². The molecule has 2 aromatic carbocycles. The molecule has 23 heavy (non-hydrogen) atoms. The predicted octanol–water partition coefficient (Wildman–Crippen LogP) is 4.86. The van der Waals surface area contributed by atoms with Crippen LogP contribution >= 0.6 is 0 Å². The molecule has 0 aliphatic heterocycles. The third-order valence-corrected chi connectivity index (χ3v) is 3.76. The lowest BCUT2D eigenvalue weighted by Gasteiger charge is -2.14. The molecule has 1 atom stereocenters. The Bertz CT molecular complexity index is 661. The average molecular weight is 309 g/mol. The molecule has 2 aromatic rings. The molecule has 0 fully saturated rings. The van der Waals surface area contributed by atoms with E-state index in [1.54, 1.807) is 0 Å². The van der Waals surface area contributed by atoms with Gasteiger partial charge in [-0.05, 0) is 49.9 Å². The molecule has 0 saturated carbocycles. The second-order valence-electron chi connectivity index (χ2n) is 5.41. The summed E-state index contributed by atoms with van der Waals surface area (Å²) >= 11 is 0. The third-order valence-electron chi connectivity index (χ3n) is 3.76. The number of hydrogen-bond donors (Lipinski definition) is 0. The largest absolute Gasteiger partial charge is 0.490 e. The minimum Gasteiger partial charge on any atom is -0.490 e. The number of para-hydroxylation sites is 2. The van der Waals surface area contributed by atoms with Crippen LogP contribution in [-0.2, 0) is 0 Å². The second kappa shape index (κ2) is 8.85. The quantitative estimate of drug-likeness (QED) is 0.654. The van der Waals surface area contributed by atoms with Crippen LogP contribution in [0, 0.1) is 18.3 Å². The lowest BCUT2D eigenvalue weighted by molar-refractivity contribution is 0.270. The topological polar surface area (TPSA) is 42.2 Å². The Morgan fingerprint density at radius 3 is 2.30 bits per heavy atom. The van der Waals surface area contributed by atoms with Crippen LogP contribution in [0.5, 0.6) is 11.5 Å². The number of hydrogen-bond acceptors (Lipinski definition) is 3. The lowest BCUT2D eigenvalue weighted by Crippen LogP contribution is -2.04. The van der Waals surface area contributed by atoms with Crippen LogP contribution in [-0.4, -0.2) is 13.2 Å². The minimum absolute atomic E-state index is 0.0815. The van der Waals surface area contributed by atoms with Crippen molar-refractivity contribution in [2.75, 3.05) is 13.2 Å². The molecular weight excluding hydrogens is 286 g/mol. The van der Waals surface area contributed by atoms with Crippen molar-refractivity contribution in [3.63, 3.8) is 0 Å². The number of rotatable bonds is 8. The molecule has 0 heterocycles. The molecule has 0 radical (unpaired) electrons. The first kappa shape index (κ1) is 16.9. The highest BCUT2D eigenvalue weighted by Gasteiger charge is 2.12. The molecule has 0 bridgehead atoms. The van der Waals surface area contributed by atoms with E-state index in [0.29, 0.717) is 13.2 Å². The van der Waals surface area contributed by atoms with E-state index in [9.17, 15) is 5.26 Å². The van der Waals surface area contributed by atoms with Gasteiger partial charge in [0, 0.05) is 0 Å². The molecule has 3 heteroatoms. The van der Waals surface area contributed by atoms with Crippen molar-refractivity contribution in [1.82, 2.24) is 0 Å². The Kier molecular flexibility index (Phi) is 6.50. The van der Waals surface area contributed by atoms with Gasteiger partial charge in [-0.3, -0.25) is 0 Å². The van der Waals surface area contributed by atoms with Crippen molar-refractivity contribution in [2.24, 2.45) is 0 Å². The highest BCUT2D eigenvalue weighted by Crippen LogP contribution is 2.27. The Morgan fingerprint density at radius 1 is 1.00 bits per heavy atom. The van der Waals surface area contributed by atoms with E-state index in [4.69, 9.17) is 9.47 Å². The van der Waals surface area contributed by atoms with Crippen molar-refractivity contribution >= 4 is 0 Å². The maximum absolute atomic E-state index is 9.42. The number of ether oxygens (including phenoxy) is 2. The van der Waals surface area contributed by atoms with E-state index in [0.717, 1.165) is 29.9 Å². The zero-order valence-electron chi connectivity index (χ0n) is 13.8. The summed E-state index contributed by atoms with van der Waals surface area (Å²) in [4.78, 5) is 0. The van der Waals surface area contributed by atoms with Gasteiger partial charge in [0.2, 0.25) is 0 Å². The first-order valence-electron chi connectivity index (χ1n) is 8.06. The molecule has 1 unspecified atom stereocenters. The van der Waals surface area contributed by atoms with Gasteiger partial charge in [-0.15, -0.1) is 0 Å². The SMILES string of the molecule is CCOc1ccccc1OCCCC(C#N)c1ccccc1C. The summed E-state index contributed by atoms with van der Waals surface area (Å²) in [5, 5.41) is 9.42. The second-order valence-corrected chi connectivity index (χ2v) is 5.41. The van der Waals surface area contributed by atoms with Crippen molar-refractivity contribution in [1.29, 1.82) is 5.26 Å². The molecule has 0 saturated heterocycles. The summed E-state index contributed by atoms with van der Waals surface area (Å²) in [5.74, 6) is 1.45. The Labute approximate surface area is 138 Å². The summed E-state index contributed by atoms with van der Waals surface area (Å²) in [6.45, 7) is 5.20. The molecule has 3 nitrogen and oxygen atoms in total. The van der Waals surface area contributed by atoms with Gasteiger partial charge in [-0.25, -0.2) is 0 Å².